The summed E-state index contributed by atoms with van der Waals surface area (Å²) in [7, 11) is 0. The standard InChI is InChI=1S/C15H20N4O3/c1-3-8-16-15(20)17-11-6-5-7-12(9-11)21-10-14-18-13(4-2)19-22-14/h5-7,9H,3-4,8,10H2,1-2H3,(H2,16,17,20). The van der Waals surface area contributed by atoms with Gasteiger partial charge in [-0.3, -0.25) is 0 Å². The van der Waals surface area contributed by atoms with Crippen molar-refractivity contribution in [3.05, 3.63) is 36.0 Å². The first kappa shape index (κ1) is 15.8. The van der Waals surface area contributed by atoms with Crippen LogP contribution in [0.1, 0.15) is 32.0 Å². The molecule has 0 aliphatic rings. The molecule has 0 radical (unpaired) electrons. The minimum absolute atomic E-state index is 0.193. The van der Waals surface area contributed by atoms with E-state index in [1.807, 2.05) is 13.8 Å². The minimum Gasteiger partial charge on any atom is -0.484 e. The van der Waals surface area contributed by atoms with Crippen LogP contribution in [-0.2, 0) is 13.0 Å². The molecule has 1 heterocycles. The van der Waals surface area contributed by atoms with Gasteiger partial charge in [0.25, 0.3) is 5.89 Å². The molecule has 7 heteroatoms. The Morgan fingerprint density at radius 2 is 2.23 bits per heavy atom. The molecule has 0 bridgehead atoms. The van der Waals surface area contributed by atoms with Gasteiger partial charge in [0.1, 0.15) is 5.75 Å². The van der Waals surface area contributed by atoms with E-state index in [-0.39, 0.29) is 12.6 Å². The Bertz CT molecular complexity index is 612. The zero-order valence-electron chi connectivity index (χ0n) is 12.8. The summed E-state index contributed by atoms with van der Waals surface area (Å²) in [6.45, 7) is 4.78. The molecule has 0 atom stereocenters. The predicted molar refractivity (Wildman–Crippen MR) is 81.8 cm³/mol. The first-order valence-corrected chi connectivity index (χ1v) is 7.30. The summed E-state index contributed by atoms with van der Waals surface area (Å²) in [4.78, 5) is 15.8. The Morgan fingerprint density at radius 1 is 1.36 bits per heavy atom. The number of carbonyl (C=O) groups excluding carboxylic acids is 1. The van der Waals surface area contributed by atoms with E-state index < -0.39 is 0 Å². The van der Waals surface area contributed by atoms with Crippen molar-refractivity contribution >= 4 is 11.7 Å². The molecule has 0 spiro atoms. The van der Waals surface area contributed by atoms with Crippen molar-refractivity contribution in [2.24, 2.45) is 0 Å². The Hall–Kier alpha value is -2.57. The number of hydrogen-bond acceptors (Lipinski definition) is 5. The van der Waals surface area contributed by atoms with Gasteiger partial charge in [-0.1, -0.05) is 25.1 Å². The van der Waals surface area contributed by atoms with Gasteiger partial charge in [0, 0.05) is 24.7 Å². The number of rotatable bonds is 7. The summed E-state index contributed by atoms with van der Waals surface area (Å²) >= 11 is 0. The van der Waals surface area contributed by atoms with Crippen LogP contribution in [0.15, 0.2) is 28.8 Å². The molecule has 2 amide bonds. The van der Waals surface area contributed by atoms with E-state index in [9.17, 15) is 4.79 Å². The number of aromatic nitrogens is 2. The fourth-order valence-electron chi connectivity index (χ4n) is 1.71. The number of urea groups is 1. The molecule has 0 aliphatic heterocycles. The molecular weight excluding hydrogens is 284 g/mol. The van der Waals surface area contributed by atoms with E-state index in [1.165, 1.54) is 0 Å². The van der Waals surface area contributed by atoms with Crippen LogP contribution in [-0.4, -0.2) is 22.7 Å². The Morgan fingerprint density at radius 3 is 2.95 bits per heavy atom. The SMILES string of the molecule is CCCNC(=O)Nc1cccc(OCc2nc(CC)no2)c1. The highest BCUT2D eigenvalue weighted by molar-refractivity contribution is 5.89. The van der Waals surface area contributed by atoms with E-state index in [1.54, 1.807) is 24.3 Å². The number of nitrogens with zero attached hydrogens (tertiary/aromatic N) is 2. The molecule has 22 heavy (non-hydrogen) atoms. The monoisotopic (exact) mass is 304 g/mol. The quantitative estimate of drug-likeness (QED) is 0.821. The second-order valence-electron chi connectivity index (χ2n) is 4.66. The van der Waals surface area contributed by atoms with Crippen LogP contribution in [0, 0.1) is 0 Å². The average Bonchev–Trinajstić information content (AvgIpc) is 2.99. The Labute approximate surface area is 129 Å². The number of ether oxygens (including phenoxy) is 1. The van der Waals surface area contributed by atoms with E-state index in [4.69, 9.17) is 9.26 Å². The van der Waals surface area contributed by atoms with Crippen LogP contribution < -0.4 is 15.4 Å². The maximum atomic E-state index is 11.6. The van der Waals surface area contributed by atoms with Crippen molar-refractivity contribution in [3.63, 3.8) is 0 Å². The van der Waals surface area contributed by atoms with Crippen molar-refractivity contribution in [2.75, 3.05) is 11.9 Å². The van der Waals surface area contributed by atoms with Gasteiger partial charge in [0.2, 0.25) is 0 Å². The third-order valence-electron chi connectivity index (χ3n) is 2.82. The highest BCUT2D eigenvalue weighted by Crippen LogP contribution is 2.18. The lowest BCUT2D eigenvalue weighted by Crippen LogP contribution is -2.29. The van der Waals surface area contributed by atoms with E-state index >= 15 is 0 Å². The number of benzene rings is 1. The van der Waals surface area contributed by atoms with E-state index in [0.717, 1.165) is 12.8 Å². The highest BCUT2D eigenvalue weighted by atomic mass is 16.5. The normalized spacial score (nSPS) is 10.3. The average molecular weight is 304 g/mol. The summed E-state index contributed by atoms with van der Waals surface area (Å²) in [6, 6.07) is 6.90. The second-order valence-corrected chi connectivity index (χ2v) is 4.66. The van der Waals surface area contributed by atoms with Gasteiger partial charge in [0.15, 0.2) is 12.4 Å². The summed E-state index contributed by atoms with van der Waals surface area (Å²) < 4.78 is 10.6. The third kappa shape index (κ3) is 4.76. The maximum absolute atomic E-state index is 11.6. The van der Waals surface area contributed by atoms with Crippen LogP contribution >= 0.6 is 0 Å². The van der Waals surface area contributed by atoms with Gasteiger partial charge in [0.05, 0.1) is 0 Å². The summed E-state index contributed by atoms with van der Waals surface area (Å²) in [5.41, 5.74) is 0.658. The number of carbonyl (C=O) groups is 1. The molecule has 0 saturated heterocycles. The lowest BCUT2D eigenvalue weighted by molar-refractivity contribution is 0.242. The second kappa shape index (κ2) is 8.02. The van der Waals surface area contributed by atoms with Gasteiger partial charge in [-0.2, -0.15) is 4.98 Å². The molecule has 118 valence electrons. The van der Waals surface area contributed by atoms with Crippen molar-refractivity contribution in [1.29, 1.82) is 0 Å². The van der Waals surface area contributed by atoms with Crippen molar-refractivity contribution in [1.82, 2.24) is 15.5 Å². The molecule has 1 aromatic carbocycles. The summed E-state index contributed by atoms with van der Waals surface area (Å²) in [5.74, 6) is 1.70. The number of anilines is 1. The minimum atomic E-state index is -0.233. The van der Waals surface area contributed by atoms with Gasteiger partial charge >= 0.3 is 6.03 Å². The molecule has 2 aromatic rings. The zero-order chi connectivity index (χ0) is 15.8. The van der Waals surface area contributed by atoms with Gasteiger partial charge < -0.3 is 19.9 Å². The molecule has 0 unspecified atom stereocenters. The molecule has 0 saturated carbocycles. The number of aryl methyl sites for hydroxylation is 1. The molecule has 0 fully saturated rings. The van der Waals surface area contributed by atoms with Crippen LogP contribution in [0.25, 0.3) is 0 Å². The number of hydrogen-bond donors (Lipinski definition) is 2. The molecule has 2 N–H and O–H groups in total. The lowest BCUT2D eigenvalue weighted by atomic mass is 10.3. The fraction of sp³-hybridized carbons (Fsp3) is 0.400. The van der Waals surface area contributed by atoms with Crippen LogP contribution in [0.2, 0.25) is 0 Å². The topological polar surface area (TPSA) is 89.3 Å². The fourth-order valence-corrected chi connectivity index (χ4v) is 1.71. The first-order valence-electron chi connectivity index (χ1n) is 7.30. The molecule has 2 rings (SSSR count). The maximum Gasteiger partial charge on any atom is 0.319 e. The van der Waals surface area contributed by atoms with Gasteiger partial charge in [-0.05, 0) is 18.6 Å². The third-order valence-corrected chi connectivity index (χ3v) is 2.82. The highest BCUT2D eigenvalue weighted by Gasteiger charge is 2.06. The predicted octanol–water partition coefficient (Wildman–Crippen LogP) is 2.74. The van der Waals surface area contributed by atoms with Crippen LogP contribution in [0.5, 0.6) is 5.75 Å². The first-order chi connectivity index (χ1) is 10.7. The van der Waals surface area contributed by atoms with E-state index in [0.29, 0.717) is 29.7 Å². The smallest absolute Gasteiger partial charge is 0.319 e. The van der Waals surface area contributed by atoms with Crippen LogP contribution in [0.4, 0.5) is 10.5 Å². The van der Waals surface area contributed by atoms with Gasteiger partial charge in [-0.15, -0.1) is 0 Å². The molecule has 0 aliphatic carbocycles. The molecule has 1 aromatic heterocycles. The number of nitrogens with one attached hydrogen (secondary N) is 2. The Balaban J connectivity index is 1.89. The molecule has 7 nitrogen and oxygen atoms in total. The van der Waals surface area contributed by atoms with Crippen molar-refractivity contribution in [3.8, 4) is 5.75 Å². The molecular formula is C15H20N4O3. The lowest BCUT2D eigenvalue weighted by Gasteiger charge is -2.08. The summed E-state index contributed by atoms with van der Waals surface area (Å²) in [6.07, 6.45) is 1.61. The van der Waals surface area contributed by atoms with Crippen LogP contribution in [0.3, 0.4) is 0 Å². The van der Waals surface area contributed by atoms with Crippen molar-refractivity contribution < 1.29 is 14.1 Å². The van der Waals surface area contributed by atoms with Gasteiger partial charge in [-0.25, -0.2) is 4.79 Å². The van der Waals surface area contributed by atoms with E-state index in [2.05, 4.69) is 20.8 Å². The Kier molecular flexibility index (Phi) is 5.76. The zero-order valence-corrected chi connectivity index (χ0v) is 12.8. The summed E-state index contributed by atoms with van der Waals surface area (Å²) in [5, 5.41) is 9.29. The van der Waals surface area contributed by atoms with Crippen molar-refractivity contribution in [2.45, 2.75) is 33.3 Å². The largest absolute Gasteiger partial charge is 0.484 e. The number of amides is 2.